The van der Waals surface area contributed by atoms with Gasteiger partial charge in [0.2, 0.25) is 12.5 Å². The lowest BCUT2D eigenvalue weighted by Gasteiger charge is -2.11. The zero-order valence-corrected chi connectivity index (χ0v) is 8.96. The van der Waals surface area contributed by atoms with Crippen LogP contribution in [0.3, 0.4) is 0 Å². The Labute approximate surface area is 93.6 Å². The van der Waals surface area contributed by atoms with E-state index in [1.54, 1.807) is 12.1 Å². The van der Waals surface area contributed by atoms with Crippen molar-refractivity contribution in [1.82, 2.24) is 5.32 Å². The number of rotatable bonds is 2. The van der Waals surface area contributed by atoms with Crippen molar-refractivity contribution >= 4 is 0 Å². The van der Waals surface area contributed by atoms with Gasteiger partial charge in [0.1, 0.15) is 0 Å². The van der Waals surface area contributed by atoms with Crippen LogP contribution in [-0.4, -0.2) is 19.4 Å². The normalized spacial score (nSPS) is 22.7. The Kier molecular flexibility index (Phi) is 2.44. The van der Waals surface area contributed by atoms with Crippen molar-refractivity contribution in [1.29, 1.82) is 0 Å². The third-order valence-electron chi connectivity index (χ3n) is 3.19. The van der Waals surface area contributed by atoms with Gasteiger partial charge >= 0.3 is 0 Å². The summed E-state index contributed by atoms with van der Waals surface area (Å²) in [6.07, 6.45) is 3.02. The molecular formula is C12H14FNO2. The molecule has 2 aliphatic rings. The number of hydrogen-bond donors (Lipinski definition) is 1. The van der Waals surface area contributed by atoms with Gasteiger partial charge in [-0.1, -0.05) is 6.07 Å². The summed E-state index contributed by atoms with van der Waals surface area (Å²) >= 11 is 0. The molecule has 1 aromatic carbocycles. The SMILES string of the molecule is Fc1c(CC2CCCN2)ccc2c1OCO2. The van der Waals surface area contributed by atoms with Gasteiger partial charge in [0.15, 0.2) is 11.6 Å². The zero-order chi connectivity index (χ0) is 11.0. The van der Waals surface area contributed by atoms with Crippen LogP contribution in [0.25, 0.3) is 0 Å². The van der Waals surface area contributed by atoms with E-state index in [9.17, 15) is 4.39 Å². The summed E-state index contributed by atoms with van der Waals surface area (Å²) in [7, 11) is 0. The maximum absolute atomic E-state index is 14.0. The fourth-order valence-corrected chi connectivity index (χ4v) is 2.33. The Bertz CT molecular complexity index is 402. The minimum Gasteiger partial charge on any atom is -0.453 e. The van der Waals surface area contributed by atoms with Crippen LogP contribution in [0.4, 0.5) is 4.39 Å². The van der Waals surface area contributed by atoms with E-state index in [0.717, 1.165) is 19.4 Å². The van der Waals surface area contributed by atoms with E-state index in [0.29, 0.717) is 17.4 Å². The monoisotopic (exact) mass is 223 g/mol. The number of nitrogens with one attached hydrogen (secondary N) is 1. The molecule has 86 valence electrons. The van der Waals surface area contributed by atoms with E-state index in [4.69, 9.17) is 9.47 Å². The molecule has 0 radical (unpaired) electrons. The predicted molar refractivity (Wildman–Crippen MR) is 57.3 cm³/mol. The highest BCUT2D eigenvalue weighted by molar-refractivity contribution is 5.46. The molecule has 1 atom stereocenters. The molecule has 1 fully saturated rings. The average molecular weight is 223 g/mol. The van der Waals surface area contributed by atoms with E-state index in [1.165, 1.54) is 6.42 Å². The standard InChI is InChI=1S/C12H14FNO2/c13-11-8(6-9-2-1-5-14-9)3-4-10-12(11)16-7-15-10/h3-4,9,14H,1-2,5-7H2. The fourth-order valence-electron chi connectivity index (χ4n) is 2.33. The number of ether oxygens (including phenoxy) is 2. The molecule has 2 aliphatic heterocycles. The van der Waals surface area contributed by atoms with E-state index in [1.807, 2.05) is 0 Å². The number of fused-ring (bicyclic) bond motifs is 1. The summed E-state index contributed by atoms with van der Waals surface area (Å²) < 4.78 is 24.2. The first-order chi connectivity index (χ1) is 7.84. The molecule has 3 rings (SSSR count). The molecule has 1 unspecified atom stereocenters. The van der Waals surface area contributed by atoms with Crippen LogP contribution in [0.5, 0.6) is 11.5 Å². The molecular weight excluding hydrogens is 209 g/mol. The molecule has 2 heterocycles. The first-order valence-corrected chi connectivity index (χ1v) is 5.65. The van der Waals surface area contributed by atoms with E-state index >= 15 is 0 Å². The zero-order valence-electron chi connectivity index (χ0n) is 8.96. The summed E-state index contributed by atoms with van der Waals surface area (Å²) in [5, 5.41) is 3.36. The summed E-state index contributed by atoms with van der Waals surface area (Å²) in [6, 6.07) is 3.98. The van der Waals surface area contributed by atoms with Crippen LogP contribution >= 0.6 is 0 Å². The van der Waals surface area contributed by atoms with Crippen LogP contribution in [0.15, 0.2) is 12.1 Å². The van der Waals surface area contributed by atoms with Crippen LogP contribution < -0.4 is 14.8 Å². The molecule has 0 amide bonds. The van der Waals surface area contributed by atoms with Gasteiger partial charge < -0.3 is 14.8 Å². The quantitative estimate of drug-likeness (QED) is 0.830. The highest BCUT2D eigenvalue weighted by Gasteiger charge is 2.23. The molecule has 3 nitrogen and oxygen atoms in total. The van der Waals surface area contributed by atoms with Crippen LogP contribution in [-0.2, 0) is 6.42 Å². The summed E-state index contributed by atoms with van der Waals surface area (Å²) in [6.45, 7) is 1.16. The third-order valence-corrected chi connectivity index (χ3v) is 3.19. The largest absolute Gasteiger partial charge is 0.453 e. The van der Waals surface area contributed by atoms with Crippen molar-refractivity contribution in [2.45, 2.75) is 25.3 Å². The fraction of sp³-hybridized carbons (Fsp3) is 0.500. The van der Waals surface area contributed by atoms with Crippen molar-refractivity contribution in [3.63, 3.8) is 0 Å². The predicted octanol–water partition coefficient (Wildman–Crippen LogP) is 1.85. The molecule has 0 spiro atoms. The lowest BCUT2D eigenvalue weighted by molar-refractivity contribution is 0.170. The van der Waals surface area contributed by atoms with Crippen molar-refractivity contribution < 1.29 is 13.9 Å². The van der Waals surface area contributed by atoms with Crippen molar-refractivity contribution in [2.24, 2.45) is 0 Å². The molecule has 1 saturated heterocycles. The second kappa shape index (κ2) is 3.94. The van der Waals surface area contributed by atoms with Crippen molar-refractivity contribution in [3.8, 4) is 11.5 Å². The Morgan fingerprint density at radius 3 is 3.12 bits per heavy atom. The van der Waals surface area contributed by atoms with Crippen LogP contribution in [0.2, 0.25) is 0 Å². The van der Waals surface area contributed by atoms with E-state index in [-0.39, 0.29) is 18.4 Å². The van der Waals surface area contributed by atoms with E-state index < -0.39 is 0 Å². The van der Waals surface area contributed by atoms with Gasteiger partial charge in [-0.15, -0.1) is 0 Å². The van der Waals surface area contributed by atoms with Crippen molar-refractivity contribution in [3.05, 3.63) is 23.5 Å². The smallest absolute Gasteiger partial charge is 0.231 e. The third kappa shape index (κ3) is 1.63. The Balaban J connectivity index is 1.84. The highest BCUT2D eigenvalue weighted by atomic mass is 19.1. The van der Waals surface area contributed by atoms with Crippen molar-refractivity contribution in [2.75, 3.05) is 13.3 Å². The molecule has 4 heteroatoms. The summed E-state index contributed by atoms with van der Waals surface area (Å²) in [5.74, 6) is 0.528. The van der Waals surface area contributed by atoms with Gasteiger partial charge in [-0.25, -0.2) is 4.39 Å². The van der Waals surface area contributed by atoms with Gasteiger partial charge in [-0.3, -0.25) is 0 Å². The van der Waals surface area contributed by atoms with Crippen LogP contribution in [0.1, 0.15) is 18.4 Å². The lowest BCUT2D eigenvalue weighted by atomic mass is 10.0. The first-order valence-electron chi connectivity index (χ1n) is 5.65. The number of hydrogen-bond acceptors (Lipinski definition) is 3. The maximum atomic E-state index is 14.0. The van der Waals surface area contributed by atoms with Crippen LogP contribution in [0, 0.1) is 5.82 Å². The Hall–Kier alpha value is -1.29. The Morgan fingerprint density at radius 2 is 2.31 bits per heavy atom. The maximum Gasteiger partial charge on any atom is 0.231 e. The van der Waals surface area contributed by atoms with Gasteiger partial charge in [0.05, 0.1) is 0 Å². The molecule has 0 saturated carbocycles. The first kappa shape index (κ1) is 9.90. The van der Waals surface area contributed by atoms with Gasteiger partial charge in [-0.05, 0) is 37.4 Å². The Morgan fingerprint density at radius 1 is 1.38 bits per heavy atom. The summed E-state index contributed by atoms with van der Waals surface area (Å²) in [4.78, 5) is 0. The van der Waals surface area contributed by atoms with E-state index in [2.05, 4.69) is 5.32 Å². The van der Waals surface area contributed by atoms with Gasteiger partial charge in [0.25, 0.3) is 0 Å². The lowest BCUT2D eigenvalue weighted by Crippen LogP contribution is -2.24. The number of halogens is 1. The molecule has 1 N–H and O–H groups in total. The molecule has 1 aromatic rings. The number of benzene rings is 1. The minimum absolute atomic E-state index is 0.122. The topological polar surface area (TPSA) is 30.5 Å². The van der Waals surface area contributed by atoms with Gasteiger partial charge in [0, 0.05) is 6.04 Å². The summed E-state index contributed by atoms with van der Waals surface area (Å²) in [5.41, 5.74) is 0.712. The van der Waals surface area contributed by atoms with Gasteiger partial charge in [-0.2, -0.15) is 0 Å². The molecule has 0 bridgehead atoms. The highest BCUT2D eigenvalue weighted by Crippen LogP contribution is 2.36. The molecule has 16 heavy (non-hydrogen) atoms. The second-order valence-corrected chi connectivity index (χ2v) is 4.27. The minimum atomic E-state index is -0.260. The molecule has 0 aliphatic carbocycles. The molecule has 0 aromatic heterocycles. The second-order valence-electron chi connectivity index (χ2n) is 4.27. The average Bonchev–Trinajstić information content (AvgIpc) is 2.93.